The molecule has 3 aromatic rings. The predicted molar refractivity (Wildman–Crippen MR) is 101 cm³/mol. The molecule has 0 saturated heterocycles. The van der Waals surface area contributed by atoms with Crippen molar-refractivity contribution in [2.24, 2.45) is 0 Å². The molecule has 1 N–H and O–H groups in total. The monoisotopic (exact) mass is 370 g/mol. The number of fused-ring (bicyclic) bond motifs is 1. The van der Waals surface area contributed by atoms with Crippen LogP contribution < -0.4 is 5.32 Å². The van der Waals surface area contributed by atoms with Gasteiger partial charge >= 0.3 is 0 Å². The fourth-order valence-electron chi connectivity index (χ4n) is 2.40. The lowest BCUT2D eigenvalue weighted by Gasteiger charge is -2.05. The van der Waals surface area contributed by atoms with E-state index in [9.17, 15) is 9.18 Å². The van der Waals surface area contributed by atoms with Gasteiger partial charge in [0.15, 0.2) is 0 Å². The summed E-state index contributed by atoms with van der Waals surface area (Å²) in [6.07, 6.45) is 0. The third-order valence-electron chi connectivity index (χ3n) is 3.66. The molecule has 1 aromatic heterocycles. The van der Waals surface area contributed by atoms with E-state index < -0.39 is 0 Å². The molecule has 0 aliphatic rings. The first-order chi connectivity index (χ1) is 12.2. The first-order valence-corrected chi connectivity index (χ1v) is 9.68. The van der Waals surface area contributed by atoms with Crippen LogP contribution in [0.25, 0.3) is 10.1 Å². The van der Waals surface area contributed by atoms with Crippen LogP contribution in [-0.4, -0.2) is 18.2 Å². The Hall–Kier alpha value is -2.36. The zero-order chi connectivity index (χ0) is 17.6. The SMILES string of the molecule is N#Cc1ccccc1CSCCNC(=O)c1cc2c(F)cccc2s1. The van der Waals surface area contributed by atoms with Gasteiger partial charge in [0.2, 0.25) is 0 Å². The molecule has 0 bridgehead atoms. The third-order valence-corrected chi connectivity index (χ3v) is 5.77. The van der Waals surface area contributed by atoms with Crippen molar-refractivity contribution in [2.75, 3.05) is 12.3 Å². The summed E-state index contributed by atoms with van der Waals surface area (Å²) >= 11 is 2.95. The molecule has 3 nitrogen and oxygen atoms in total. The number of nitriles is 1. The first kappa shape index (κ1) is 17.5. The van der Waals surface area contributed by atoms with E-state index in [-0.39, 0.29) is 11.7 Å². The van der Waals surface area contributed by atoms with E-state index in [1.807, 2.05) is 24.3 Å². The van der Waals surface area contributed by atoms with Crippen molar-refractivity contribution in [3.05, 3.63) is 70.4 Å². The van der Waals surface area contributed by atoms with Crippen LogP contribution in [0, 0.1) is 17.1 Å². The lowest BCUT2D eigenvalue weighted by molar-refractivity contribution is 0.0960. The minimum Gasteiger partial charge on any atom is -0.351 e. The summed E-state index contributed by atoms with van der Waals surface area (Å²) in [7, 11) is 0. The summed E-state index contributed by atoms with van der Waals surface area (Å²) in [6.45, 7) is 0.523. The molecule has 0 spiro atoms. The van der Waals surface area contributed by atoms with Gasteiger partial charge in [-0.1, -0.05) is 24.3 Å². The van der Waals surface area contributed by atoms with Crippen LogP contribution in [0.5, 0.6) is 0 Å². The zero-order valence-electron chi connectivity index (χ0n) is 13.3. The van der Waals surface area contributed by atoms with Gasteiger partial charge in [0, 0.05) is 28.1 Å². The standard InChI is InChI=1S/C19H15FN2OS2/c20-16-6-3-7-17-15(16)10-18(25-17)19(23)22-8-9-24-12-14-5-2-1-4-13(14)11-21/h1-7,10H,8-9,12H2,(H,22,23). The number of halogens is 1. The Kier molecular flexibility index (Phi) is 5.69. The summed E-state index contributed by atoms with van der Waals surface area (Å²) in [4.78, 5) is 12.7. The zero-order valence-corrected chi connectivity index (χ0v) is 14.9. The maximum Gasteiger partial charge on any atom is 0.261 e. The summed E-state index contributed by atoms with van der Waals surface area (Å²) in [5.41, 5.74) is 1.69. The number of rotatable bonds is 6. The van der Waals surface area contributed by atoms with E-state index in [4.69, 9.17) is 5.26 Å². The second-order valence-electron chi connectivity index (χ2n) is 5.34. The van der Waals surface area contributed by atoms with Gasteiger partial charge < -0.3 is 5.32 Å². The normalized spacial score (nSPS) is 10.6. The number of carbonyl (C=O) groups is 1. The molecule has 0 radical (unpaired) electrons. The molecule has 1 heterocycles. The molecule has 1 amide bonds. The van der Waals surface area contributed by atoms with E-state index >= 15 is 0 Å². The molecule has 0 aliphatic carbocycles. The van der Waals surface area contributed by atoms with Crippen LogP contribution in [0.4, 0.5) is 4.39 Å². The Labute approximate surface area is 153 Å². The average Bonchev–Trinajstić information content (AvgIpc) is 3.07. The van der Waals surface area contributed by atoms with Gasteiger partial charge in [0.1, 0.15) is 5.82 Å². The van der Waals surface area contributed by atoms with Crippen LogP contribution in [0.1, 0.15) is 20.8 Å². The molecule has 0 atom stereocenters. The van der Waals surface area contributed by atoms with Gasteiger partial charge in [-0.3, -0.25) is 4.79 Å². The van der Waals surface area contributed by atoms with Crippen LogP contribution in [0.2, 0.25) is 0 Å². The van der Waals surface area contributed by atoms with E-state index in [1.165, 1.54) is 17.4 Å². The molecule has 3 rings (SSSR count). The minimum atomic E-state index is -0.306. The number of benzene rings is 2. The van der Waals surface area contributed by atoms with E-state index in [0.717, 1.165) is 21.8 Å². The quantitative estimate of drug-likeness (QED) is 0.647. The molecule has 0 saturated carbocycles. The fourth-order valence-corrected chi connectivity index (χ4v) is 4.25. The number of thiophene rings is 1. The molecular formula is C19H15FN2OS2. The van der Waals surface area contributed by atoms with Gasteiger partial charge in [0.05, 0.1) is 16.5 Å². The molecule has 6 heteroatoms. The molecule has 2 aromatic carbocycles. The van der Waals surface area contributed by atoms with Gasteiger partial charge in [0.25, 0.3) is 5.91 Å². The Bertz CT molecular complexity index is 946. The van der Waals surface area contributed by atoms with Crippen molar-refractivity contribution in [3.8, 4) is 6.07 Å². The number of amides is 1. The second-order valence-corrected chi connectivity index (χ2v) is 7.53. The number of carbonyl (C=O) groups excluding carboxylic acids is 1. The summed E-state index contributed by atoms with van der Waals surface area (Å²) < 4.78 is 14.5. The molecule has 126 valence electrons. The van der Waals surface area contributed by atoms with Gasteiger partial charge in [-0.05, 0) is 29.8 Å². The maximum atomic E-state index is 13.7. The Morgan fingerprint density at radius 2 is 2.08 bits per heavy atom. The topological polar surface area (TPSA) is 52.9 Å². The largest absolute Gasteiger partial charge is 0.351 e. The summed E-state index contributed by atoms with van der Waals surface area (Å²) in [5.74, 6) is 0.983. The van der Waals surface area contributed by atoms with E-state index in [1.54, 1.807) is 30.0 Å². The fraction of sp³-hybridized carbons (Fsp3) is 0.158. The van der Waals surface area contributed by atoms with Gasteiger partial charge in [-0.2, -0.15) is 17.0 Å². The van der Waals surface area contributed by atoms with E-state index in [2.05, 4.69) is 11.4 Å². The van der Waals surface area contributed by atoms with Crippen molar-refractivity contribution >= 4 is 39.1 Å². The van der Waals surface area contributed by atoms with Crippen molar-refractivity contribution < 1.29 is 9.18 Å². The van der Waals surface area contributed by atoms with Crippen molar-refractivity contribution in [2.45, 2.75) is 5.75 Å². The Morgan fingerprint density at radius 3 is 2.88 bits per heavy atom. The van der Waals surface area contributed by atoms with Crippen molar-refractivity contribution in [3.63, 3.8) is 0 Å². The van der Waals surface area contributed by atoms with Crippen LogP contribution in [-0.2, 0) is 5.75 Å². The van der Waals surface area contributed by atoms with E-state index in [0.29, 0.717) is 22.4 Å². The van der Waals surface area contributed by atoms with Crippen LogP contribution in [0.15, 0.2) is 48.5 Å². The highest BCUT2D eigenvalue weighted by Crippen LogP contribution is 2.27. The summed E-state index contributed by atoms with van der Waals surface area (Å²) in [5, 5.41) is 12.4. The average molecular weight is 370 g/mol. The molecule has 25 heavy (non-hydrogen) atoms. The molecular weight excluding hydrogens is 355 g/mol. The van der Waals surface area contributed by atoms with Crippen LogP contribution >= 0.6 is 23.1 Å². The maximum absolute atomic E-state index is 13.7. The third kappa shape index (κ3) is 4.19. The Morgan fingerprint density at radius 1 is 1.24 bits per heavy atom. The number of nitrogens with one attached hydrogen (secondary N) is 1. The summed E-state index contributed by atoms with van der Waals surface area (Å²) in [6, 6.07) is 16.1. The highest BCUT2D eigenvalue weighted by molar-refractivity contribution is 7.98. The van der Waals surface area contributed by atoms with Crippen molar-refractivity contribution in [1.29, 1.82) is 5.26 Å². The number of nitrogens with zero attached hydrogens (tertiary/aromatic N) is 1. The lowest BCUT2D eigenvalue weighted by Crippen LogP contribution is -2.24. The van der Waals surface area contributed by atoms with Crippen molar-refractivity contribution in [1.82, 2.24) is 5.32 Å². The number of hydrogen-bond donors (Lipinski definition) is 1. The molecule has 0 unspecified atom stereocenters. The second kappa shape index (κ2) is 8.15. The smallest absolute Gasteiger partial charge is 0.261 e. The Balaban J connectivity index is 1.49. The highest BCUT2D eigenvalue weighted by atomic mass is 32.2. The van der Waals surface area contributed by atoms with Gasteiger partial charge in [-0.25, -0.2) is 4.39 Å². The molecule has 0 fully saturated rings. The minimum absolute atomic E-state index is 0.182. The van der Waals surface area contributed by atoms with Gasteiger partial charge in [-0.15, -0.1) is 11.3 Å². The van der Waals surface area contributed by atoms with Crippen LogP contribution in [0.3, 0.4) is 0 Å². The highest BCUT2D eigenvalue weighted by Gasteiger charge is 2.12. The lowest BCUT2D eigenvalue weighted by atomic mass is 10.1. The first-order valence-electron chi connectivity index (χ1n) is 7.71. The number of hydrogen-bond acceptors (Lipinski definition) is 4. The molecule has 0 aliphatic heterocycles. The predicted octanol–water partition coefficient (Wildman–Crippen LogP) is 4.58. The number of thioether (sulfide) groups is 1.